The maximum absolute atomic E-state index is 8.17. The van der Waals surface area contributed by atoms with Crippen LogP contribution in [0.4, 0.5) is 0 Å². The second-order valence-corrected chi connectivity index (χ2v) is 2.04. The molecule has 0 aromatic heterocycles. The summed E-state index contributed by atoms with van der Waals surface area (Å²) < 4.78 is 4.88. The lowest BCUT2D eigenvalue weighted by atomic mass is 10.5. The molecule has 0 amide bonds. The summed E-state index contributed by atoms with van der Waals surface area (Å²) >= 11 is 0. The number of aliphatic hydroxyl groups is 1. The minimum absolute atomic E-state index is 0. The molecular weight excluding hydrogens is 224 g/mol. The molecule has 128 valence electrons. The fourth-order valence-corrected chi connectivity index (χ4v) is 0.311. The van der Waals surface area contributed by atoms with Crippen LogP contribution in [0.15, 0.2) is 0 Å². The molecule has 0 aromatic rings. The Hall–Kier alpha value is -0.0800. The fraction of sp³-hybridized carbons (Fsp3) is 1.00. The highest BCUT2D eigenvalue weighted by atomic mass is 16.5. The van der Waals surface area contributed by atoms with E-state index in [1.165, 1.54) is 6.42 Å². The average Bonchev–Trinajstić information content (AvgIpc) is 1.91. The van der Waals surface area contributed by atoms with E-state index in [2.05, 4.69) is 13.8 Å². The number of rotatable bonds is 4. The van der Waals surface area contributed by atoms with Gasteiger partial charge in [0.15, 0.2) is 0 Å². The highest BCUT2D eigenvalue weighted by Gasteiger charge is 1.78. The van der Waals surface area contributed by atoms with Gasteiger partial charge in [-0.25, -0.2) is 0 Å². The van der Waals surface area contributed by atoms with Crippen molar-refractivity contribution in [2.24, 2.45) is 0 Å². The molecule has 0 saturated carbocycles. The van der Waals surface area contributed by atoms with Crippen LogP contribution in [0.25, 0.3) is 0 Å². The molecule has 0 spiro atoms. The summed E-state index contributed by atoms with van der Waals surface area (Å²) in [5.41, 5.74) is 0. The molecule has 0 radical (unpaired) electrons. The van der Waals surface area contributed by atoms with Crippen LogP contribution in [0.3, 0.4) is 0 Å². The van der Waals surface area contributed by atoms with Crippen molar-refractivity contribution in [1.82, 2.24) is 0 Å². The molecule has 2 heteroatoms. The van der Waals surface area contributed by atoms with Crippen LogP contribution in [-0.2, 0) is 4.74 Å². The molecule has 1 N–H and O–H groups in total. The molecule has 0 aliphatic carbocycles. The fourth-order valence-electron chi connectivity index (χ4n) is 0.311. The summed E-state index contributed by atoms with van der Waals surface area (Å²) in [6.45, 7) is 7.67. The summed E-state index contributed by atoms with van der Waals surface area (Å²) in [4.78, 5) is 0. The Morgan fingerprint density at radius 1 is 0.667 bits per heavy atom. The summed E-state index contributed by atoms with van der Waals surface area (Å²) in [6.07, 6.45) is 2.28. The Bertz CT molecular complexity index is 36.1. The van der Waals surface area contributed by atoms with Gasteiger partial charge in [-0.05, 0) is 6.42 Å². The van der Waals surface area contributed by atoms with Gasteiger partial charge >= 0.3 is 0 Å². The van der Waals surface area contributed by atoms with Gasteiger partial charge in [-0.2, -0.15) is 0 Å². The highest BCUT2D eigenvalue weighted by molar-refractivity contribution is 4.24. The summed E-state index contributed by atoms with van der Waals surface area (Å²) in [5.74, 6) is 0. The second kappa shape index (κ2) is 122. The molecule has 0 saturated heterocycles. The van der Waals surface area contributed by atoms with E-state index >= 15 is 0 Å². The third-order valence-electron chi connectivity index (χ3n) is 0.584. The minimum Gasteiger partial charge on any atom is -0.394 e. The molecule has 0 bridgehead atoms. The zero-order valence-electron chi connectivity index (χ0n) is 7.39. The third kappa shape index (κ3) is 231. The maximum Gasteiger partial charge on any atom is 0.0697 e. The molecule has 0 aliphatic rings. The van der Waals surface area contributed by atoms with Crippen LogP contribution in [-0.4, -0.2) is 24.9 Å². The summed E-state index contributed by atoms with van der Waals surface area (Å²) in [5, 5.41) is 8.17. The van der Waals surface area contributed by atoms with Gasteiger partial charge < -0.3 is 9.84 Å². The quantitative estimate of drug-likeness (QED) is 0.565. The van der Waals surface area contributed by atoms with E-state index in [0.717, 1.165) is 13.0 Å². The monoisotopic (exact) mass is 276 g/mol. The van der Waals surface area contributed by atoms with Crippen LogP contribution in [0, 0.1) is 0 Å². The van der Waals surface area contributed by atoms with Crippen LogP contribution >= 0.6 is 0 Å². The van der Waals surface area contributed by atoms with Crippen molar-refractivity contribution in [2.45, 2.75) is 93.0 Å². The van der Waals surface area contributed by atoms with Crippen molar-refractivity contribution >= 4 is 0 Å². The molecule has 0 atom stereocenters. The first-order valence-electron chi connectivity index (χ1n) is 4.01. The van der Waals surface area contributed by atoms with E-state index in [-0.39, 0.29) is 66.0 Å². The normalized spacial score (nSPS) is 4.67. The van der Waals surface area contributed by atoms with Crippen LogP contribution in [0.1, 0.15) is 93.0 Å². The number of ether oxygens (including phenoxy) is 1. The predicted octanol–water partition coefficient (Wildman–Crippen LogP) is 6.91. The van der Waals surface area contributed by atoms with Gasteiger partial charge in [0.1, 0.15) is 0 Å². The molecule has 18 heavy (non-hydrogen) atoms. The highest BCUT2D eigenvalue weighted by Crippen LogP contribution is 1.76. The largest absolute Gasteiger partial charge is 0.394 e. The number of aliphatic hydroxyl groups excluding tert-OH is 1. The molecule has 0 unspecified atom stereocenters. The lowest BCUT2D eigenvalue weighted by molar-refractivity contribution is 0.0928. The molecule has 2 nitrogen and oxygen atoms in total. The maximum atomic E-state index is 8.17. The number of hydrogen-bond acceptors (Lipinski definition) is 2. The van der Waals surface area contributed by atoms with E-state index in [1.807, 2.05) is 6.92 Å². The lowest BCUT2D eigenvalue weighted by Crippen LogP contribution is -1.98. The van der Waals surface area contributed by atoms with Crippen molar-refractivity contribution in [3.63, 3.8) is 0 Å². The second-order valence-electron chi connectivity index (χ2n) is 2.04. The zero-order valence-corrected chi connectivity index (χ0v) is 7.39. The van der Waals surface area contributed by atoms with Crippen molar-refractivity contribution in [3.05, 3.63) is 0 Å². The molecule has 0 fully saturated rings. The van der Waals surface area contributed by atoms with Crippen LogP contribution < -0.4 is 0 Å². The Morgan fingerprint density at radius 3 is 1.11 bits per heavy atom. The zero-order chi connectivity index (χ0) is 8.24. The van der Waals surface area contributed by atoms with Crippen molar-refractivity contribution in [2.75, 3.05) is 19.8 Å². The SMILES string of the molecule is C.C.C.C.C.C.C.C.CCC.CCCOCCO. The van der Waals surface area contributed by atoms with Crippen LogP contribution in [0.2, 0.25) is 0 Å². The first-order valence-corrected chi connectivity index (χ1v) is 4.01. The Morgan fingerprint density at radius 2 is 0.944 bits per heavy atom. The molecule has 0 rings (SSSR count). The van der Waals surface area contributed by atoms with E-state index in [0.29, 0.717) is 6.61 Å². The van der Waals surface area contributed by atoms with Gasteiger partial charge in [0, 0.05) is 6.61 Å². The summed E-state index contributed by atoms with van der Waals surface area (Å²) in [7, 11) is 0. The van der Waals surface area contributed by atoms with E-state index in [9.17, 15) is 0 Å². The van der Waals surface area contributed by atoms with Gasteiger partial charge in [0.25, 0.3) is 0 Å². The Labute approximate surface area is 123 Å². The lowest BCUT2D eigenvalue weighted by Gasteiger charge is -1.94. The standard InChI is InChI=1S/C5H12O2.C3H8.8CH4/c1-2-4-7-5-3-6;1-3-2;;;;;;;;/h6H,2-5H2,1H3;3H2,1-2H3;8*1H4. The first kappa shape index (κ1) is 81.8. The van der Waals surface area contributed by atoms with Gasteiger partial charge in [-0.3, -0.25) is 0 Å². The molecule has 0 heterocycles. The predicted molar refractivity (Wildman–Crippen MR) is 98.0 cm³/mol. The van der Waals surface area contributed by atoms with Crippen molar-refractivity contribution in [1.29, 1.82) is 0 Å². The topological polar surface area (TPSA) is 29.5 Å². The van der Waals surface area contributed by atoms with Gasteiger partial charge in [0.2, 0.25) is 0 Å². The minimum atomic E-state index is 0. The smallest absolute Gasteiger partial charge is 0.0697 e. The van der Waals surface area contributed by atoms with Gasteiger partial charge in [-0.15, -0.1) is 0 Å². The Kier molecular flexibility index (Phi) is 556. The first-order chi connectivity index (χ1) is 4.83. The van der Waals surface area contributed by atoms with E-state index in [4.69, 9.17) is 9.84 Å². The molecule has 0 aromatic carbocycles. The third-order valence-corrected chi connectivity index (χ3v) is 0.584. The Balaban J connectivity index is -0.00000000679. The average molecular weight is 277 g/mol. The number of hydrogen-bond donors (Lipinski definition) is 1. The molecule has 0 aliphatic heterocycles. The van der Waals surface area contributed by atoms with E-state index in [1.54, 1.807) is 0 Å². The molecular formula is C16H52O2. The van der Waals surface area contributed by atoms with Crippen molar-refractivity contribution in [3.8, 4) is 0 Å². The van der Waals surface area contributed by atoms with E-state index < -0.39 is 0 Å². The van der Waals surface area contributed by atoms with Crippen LogP contribution in [0.5, 0.6) is 0 Å². The van der Waals surface area contributed by atoms with Gasteiger partial charge in [0.05, 0.1) is 13.2 Å². The summed E-state index contributed by atoms with van der Waals surface area (Å²) in [6, 6.07) is 0. The van der Waals surface area contributed by atoms with Gasteiger partial charge in [-0.1, -0.05) is 86.6 Å². The van der Waals surface area contributed by atoms with Crippen molar-refractivity contribution < 1.29 is 9.84 Å².